The Morgan fingerprint density at radius 1 is 1.12 bits per heavy atom. The van der Waals surface area contributed by atoms with Crippen molar-refractivity contribution in [3.8, 4) is 22.8 Å². The summed E-state index contributed by atoms with van der Waals surface area (Å²) >= 11 is 0. The van der Waals surface area contributed by atoms with E-state index in [1.807, 2.05) is 0 Å². The van der Waals surface area contributed by atoms with Gasteiger partial charge in [0.1, 0.15) is 5.69 Å². The van der Waals surface area contributed by atoms with E-state index in [1.165, 1.54) is 31.0 Å². The van der Waals surface area contributed by atoms with E-state index in [0.717, 1.165) is 6.07 Å². The van der Waals surface area contributed by atoms with E-state index in [9.17, 15) is 13.2 Å². The number of para-hydroxylation sites is 1. The summed E-state index contributed by atoms with van der Waals surface area (Å²) in [5, 5.41) is 4.81. The van der Waals surface area contributed by atoms with E-state index < -0.39 is 11.7 Å². The number of methoxy groups -OCH3 is 2. The van der Waals surface area contributed by atoms with Gasteiger partial charge in [-0.1, -0.05) is 18.2 Å². The molecule has 0 aliphatic carbocycles. The Bertz CT molecular complexity index is 961. The van der Waals surface area contributed by atoms with Gasteiger partial charge in [-0.15, -0.1) is 6.58 Å². The van der Waals surface area contributed by atoms with Crippen LogP contribution in [0.3, 0.4) is 0 Å². The summed E-state index contributed by atoms with van der Waals surface area (Å²) in [5.41, 5.74) is 0.379. The number of halogens is 3. The van der Waals surface area contributed by atoms with Gasteiger partial charge in [-0.05, 0) is 24.3 Å². The lowest BCUT2D eigenvalue weighted by Gasteiger charge is -2.10. The van der Waals surface area contributed by atoms with Gasteiger partial charge in [-0.2, -0.15) is 18.3 Å². The molecule has 0 aliphatic rings. The molecule has 4 nitrogen and oxygen atoms in total. The standard InChI is InChI=1S/C19H17F3N2O2/c1-4-10-24-18-13(6-5-7-14(18)19(20,21)22)17(23-24)12-8-9-15(25-2)16(11-12)26-3/h4-9,11H,1,10H2,2-3H3. The van der Waals surface area contributed by atoms with Crippen molar-refractivity contribution in [1.29, 1.82) is 0 Å². The molecule has 0 radical (unpaired) electrons. The fourth-order valence-electron chi connectivity index (χ4n) is 2.92. The highest BCUT2D eigenvalue weighted by atomic mass is 19.4. The molecule has 3 aromatic rings. The molecule has 0 bridgehead atoms. The van der Waals surface area contributed by atoms with E-state index >= 15 is 0 Å². The number of rotatable bonds is 5. The van der Waals surface area contributed by atoms with Gasteiger partial charge < -0.3 is 9.47 Å². The normalized spacial score (nSPS) is 11.6. The van der Waals surface area contributed by atoms with Crippen molar-refractivity contribution in [2.24, 2.45) is 0 Å². The number of ether oxygens (including phenoxy) is 2. The number of hydrogen-bond acceptors (Lipinski definition) is 3. The third-order valence-corrected chi connectivity index (χ3v) is 4.03. The van der Waals surface area contributed by atoms with Gasteiger partial charge in [0.15, 0.2) is 11.5 Å². The van der Waals surface area contributed by atoms with Crippen molar-refractivity contribution in [2.75, 3.05) is 14.2 Å². The summed E-state index contributed by atoms with van der Waals surface area (Å²) in [7, 11) is 3.01. The van der Waals surface area contributed by atoms with Crippen LogP contribution in [-0.2, 0) is 12.7 Å². The van der Waals surface area contributed by atoms with Crippen LogP contribution in [0.4, 0.5) is 13.2 Å². The quantitative estimate of drug-likeness (QED) is 0.604. The van der Waals surface area contributed by atoms with Gasteiger partial charge in [-0.3, -0.25) is 4.68 Å². The molecule has 1 heterocycles. The molecule has 3 rings (SSSR count). The minimum absolute atomic E-state index is 0.0321. The molecule has 26 heavy (non-hydrogen) atoms. The molecular formula is C19H17F3N2O2. The molecule has 0 saturated heterocycles. The van der Waals surface area contributed by atoms with E-state index in [-0.39, 0.29) is 12.1 Å². The first kappa shape index (κ1) is 17.8. The van der Waals surface area contributed by atoms with Gasteiger partial charge in [0.25, 0.3) is 0 Å². The van der Waals surface area contributed by atoms with Crippen LogP contribution in [0.25, 0.3) is 22.2 Å². The number of hydrogen-bond donors (Lipinski definition) is 0. The van der Waals surface area contributed by atoms with E-state index in [0.29, 0.717) is 28.1 Å². The zero-order valence-corrected chi connectivity index (χ0v) is 14.3. The van der Waals surface area contributed by atoms with Crippen LogP contribution in [0.15, 0.2) is 49.1 Å². The highest BCUT2D eigenvalue weighted by molar-refractivity contribution is 5.95. The van der Waals surface area contributed by atoms with E-state index in [4.69, 9.17) is 9.47 Å². The lowest BCUT2D eigenvalue weighted by Crippen LogP contribution is -2.09. The monoisotopic (exact) mass is 362 g/mol. The Kier molecular flexibility index (Phi) is 4.63. The highest BCUT2D eigenvalue weighted by Crippen LogP contribution is 2.39. The summed E-state index contributed by atoms with van der Waals surface area (Å²) in [6.45, 7) is 3.77. The maximum atomic E-state index is 13.5. The van der Waals surface area contributed by atoms with Crippen molar-refractivity contribution in [1.82, 2.24) is 9.78 Å². The average Bonchev–Trinajstić information content (AvgIpc) is 2.99. The predicted octanol–water partition coefficient (Wildman–Crippen LogP) is 4.93. The maximum absolute atomic E-state index is 13.5. The summed E-state index contributed by atoms with van der Waals surface area (Å²) in [6.07, 6.45) is -2.97. The predicted molar refractivity (Wildman–Crippen MR) is 93.5 cm³/mol. The maximum Gasteiger partial charge on any atom is 0.418 e. The Balaban J connectivity index is 2.30. The second-order valence-electron chi connectivity index (χ2n) is 5.59. The Labute approximate surface area is 148 Å². The molecule has 2 aromatic carbocycles. The molecule has 7 heteroatoms. The molecule has 0 aliphatic heterocycles. The average molecular weight is 362 g/mol. The number of allylic oxidation sites excluding steroid dienone is 1. The van der Waals surface area contributed by atoms with Crippen LogP contribution >= 0.6 is 0 Å². The third kappa shape index (κ3) is 3.00. The summed E-state index contributed by atoms with van der Waals surface area (Å²) in [6, 6.07) is 9.20. The second-order valence-corrected chi connectivity index (χ2v) is 5.59. The molecule has 136 valence electrons. The molecular weight excluding hydrogens is 345 g/mol. The smallest absolute Gasteiger partial charge is 0.418 e. The number of fused-ring (bicyclic) bond motifs is 1. The fourth-order valence-corrected chi connectivity index (χ4v) is 2.92. The van der Waals surface area contributed by atoms with Crippen molar-refractivity contribution < 1.29 is 22.6 Å². The van der Waals surface area contributed by atoms with Gasteiger partial charge >= 0.3 is 6.18 Å². The number of benzene rings is 2. The van der Waals surface area contributed by atoms with Crippen molar-refractivity contribution >= 4 is 10.9 Å². The van der Waals surface area contributed by atoms with Crippen LogP contribution in [0.5, 0.6) is 11.5 Å². The largest absolute Gasteiger partial charge is 0.493 e. The third-order valence-electron chi connectivity index (χ3n) is 4.03. The summed E-state index contributed by atoms with van der Waals surface area (Å²) in [4.78, 5) is 0. The van der Waals surface area contributed by atoms with Gasteiger partial charge in [0.2, 0.25) is 0 Å². The lowest BCUT2D eigenvalue weighted by atomic mass is 10.0. The molecule has 0 fully saturated rings. The van der Waals surface area contributed by atoms with E-state index in [2.05, 4.69) is 11.7 Å². The first-order valence-electron chi connectivity index (χ1n) is 7.80. The minimum atomic E-state index is -4.48. The number of nitrogens with zero attached hydrogens (tertiary/aromatic N) is 2. The van der Waals surface area contributed by atoms with Crippen molar-refractivity contribution in [2.45, 2.75) is 12.7 Å². The van der Waals surface area contributed by atoms with Crippen molar-refractivity contribution in [3.63, 3.8) is 0 Å². The number of alkyl halides is 3. The summed E-state index contributed by atoms with van der Waals surface area (Å²) in [5.74, 6) is 1.01. The van der Waals surface area contributed by atoms with Crippen LogP contribution in [-0.4, -0.2) is 24.0 Å². The Hall–Kier alpha value is -2.96. The molecule has 0 unspecified atom stereocenters. The molecule has 0 saturated carbocycles. The van der Waals surface area contributed by atoms with Crippen molar-refractivity contribution in [3.05, 3.63) is 54.6 Å². The summed E-state index contributed by atoms with van der Waals surface area (Å²) < 4.78 is 52.2. The first-order valence-corrected chi connectivity index (χ1v) is 7.80. The van der Waals surface area contributed by atoms with Gasteiger partial charge in [-0.25, -0.2) is 0 Å². The minimum Gasteiger partial charge on any atom is -0.493 e. The van der Waals surface area contributed by atoms with Crippen LogP contribution in [0.1, 0.15) is 5.56 Å². The SMILES string of the molecule is C=CCn1nc(-c2ccc(OC)c(OC)c2)c2cccc(C(F)(F)F)c21. The highest BCUT2D eigenvalue weighted by Gasteiger charge is 2.34. The zero-order valence-electron chi connectivity index (χ0n) is 14.3. The van der Waals surface area contributed by atoms with Crippen LogP contribution < -0.4 is 9.47 Å². The molecule has 0 N–H and O–H groups in total. The topological polar surface area (TPSA) is 36.3 Å². The first-order chi connectivity index (χ1) is 12.4. The molecule has 0 amide bonds. The van der Waals surface area contributed by atoms with Gasteiger partial charge in [0.05, 0.1) is 31.8 Å². The molecule has 0 spiro atoms. The molecule has 1 aromatic heterocycles. The Morgan fingerprint density at radius 3 is 2.46 bits per heavy atom. The van der Waals surface area contributed by atoms with Crippen LogP contribution in [0, 0.1) is 0 Å². The zero-order chi connectivity index (χ0) is 18.9. The van der Waals surface area contributed by atoms with Crippen LogP contribution in [0.2, 0.25) is 0 Å². The lowest BCUT2D eigenvalue weighted by molar-refractivity contribution is -0.136. The van der Waals surface area contributed by atoms with Gasteiger partial charge in [0, 0.05) is 10.9 Å². The second kappa shape index (κ2) is 6.74. The van der Waals surface area contributed by atoms with E-state index in [1.54, 1.807) is 24.3 Å². The number of aromatic nitrogens is 2. The fraction of sp³-hybridized carbons (Fsp3) is 0.211. The Morgan fingerprint density at radius 2 is 1.85 bits per heavy atom. The molecule has 0 atom stereocenters.